The predicted octanol–water partition coefficient (Wildman–Crippen LogP) is 1.22. The van der Waals surface area contributed by atoms with E-state index in [4.69, 9.17) is 5.53 Å². The van der Waals surface area contributed by atoms with Gasteiger partial charge in [0.25, 0.3) is 0 Å². The van der Waals surface area contributed by atoms with Gasteiger partial charge in [-0.05, 0) is 5.53 Å². The maximum absolute atomic E-state index is 10.6. The molecule has 0 rings (SSSR count). The molecule has 0 aliphatic heterocycles. The van der Waals surface area contributed by atoms with Crippen LogP contribution in [-0.4, -0.2) is 6.80 Å². The van der Waals surface area contributed by atoms with E-state index in [0.29, 0.717) is 0 Å². The fourth-order valence-corrected chi connectivity index (χ4v) is 0.0239. The van der Waals surface area contributed by atoms with Crippen molar-refractivity contribution in [2.75, 3.05) is 6.80 Å². The second-order valence-electron chi connectivity index (χ2n) is 0.350. The zero-order valence-electron chi connectivity index (χ0n) is 2.43. The summed E-state index contributed by atoms with van der Waals surface area (Å²) in [4.78, 5) is 2.10. The Morgan fingerprint density at radius 1 is 2.00 bits per heavy atom. The van der Waals surface area contributed by atoms with Gasteiger partial charge in [-0.1, -0.05) is 5.11 Å². The van der Waals surface area contributed by atoms with Gasteiger partial charge in [0.2, 0.25) is 0 Å². The number of halogens is 1. The summed E-state index contributed by atoms with van der Waals surface area (Å²) in [5.41, 5.74) is 7.28. The van der Waals surface area contributed by atoms with Gasteiger partial charge in [0.15, 0.2) is 6.80 Å². The Morgan fingerprint density at radius 2 is 2.60 bits per heavy atom. The SMILES string of the molecule is [N-]=[N+]=NC[18F]. The van der Waals surface area contributed by atoms with Gasteiger partial charge in [0.05, 0.1) is 0 Å². The molecule has 0 atom stereocenters. The molecular formula is CH2FN3. The number of alkyl halides is 1. The van der Waals surface area contributed by atoms with Crippen molar-refractivity contribution in [2.45, 2.75) is 0 Å². The maximum Gasteiger partial charge on any atom is 0.168 e. The zero-order chi connectivity index (χ0) is 4.12. The summed E-state index contributed by atoms with van der Waals surface area (Å²) in [5.74, 6) is 0. The molecule has 0 heterocycles. The molecule has 0 aliphatic rings. The van der Waals surface area contributed by atoms with Gasteiger partial charge in [-0.15, -0.1) is 0 Å². The normalized spacial score (nSPS) is 5.80. The van der Waals surface area contributed by atoms with Crippen LogP contribution in [-0.2, 0) is 0 Å². The number of nitrogens with zero attached hydrogens (tertiary/aromatic N) is 3. The highest BCUT2D eigenvalue weighted by atomic mass is 18.2. The van der Waals surface area contributed by atoms with Crippen LogP contribution < -0.4 is 0 Å². The minimum absolute atomic E-state index is 0.948. The Hall–Kier alpha value is -0.760. The molecule has 0 fully saturated rings. The van der Waals surface area contributed by atoms with Crippen molar-refractivity contribution < 1.29 is 4.39 Å². The Kier molecular flexibility index (Phi) is 2.75. The molecule has 0 N–H and O–H groups in total. The molecule has 0 amide bonds. The van der Waals surface area contributed by atoms with Gasteiger partial charge in [-0.2, -0.15) is 0 Å². The van der Waals surface area contributed by atoms with E-state index < -0.39 is 6.80 Å². The van der Waals surface area contributed by atoms with E-state index in [1.54, 1.807) is 0 Å². The van der Waals surface area contributed by atoms with Gasteiger partial charge < -0.3 is 0 Å². The molecule has 0 unspecified atom stereocenters. The fourth-order valence-electron chi connectivity index (χ4n) is 0.0239. The quantitative estimate of drug-likeness (QED) is 0.194. The Balaban J connectivity index is 2.93. The first kappa shape index (κ1) is 4.24. The Labute approximate surface area is 28.0 Å². The van der Waals surface area contributed by atoms with E-state index in [2.05, 4.69) is 10.0 Å². The molecule has 0 bridgehead atoms. The van der Waals surface area contributed by atoms with Crippen molar-refractivity contribution >= 4 is 0 Å². The van der Waals surface area contributed by atoms with Gasteiger partial charge in [-0.3, -0.25) is 0 Å². The molecule has 28 valence electrons. The topological polar surface area (TPSA) is 48.8 Å². The molecule has 0 aromatic heterocycles. The van der Waals surface area contributed by atoms with Crippen molar-refractivity contribution in [1.29, 1.82) is 0 Å². The average molecular weight is 74.0 g/mol. The first-order valence-corrected chi connectivity index (χ1v) is 0.983. The van der Waals surface area contributed by atoms with E-state index in [1.807, 2.05) is 0 Å². The molecule has 4 heteroatoms. The summed E-state index contributed by atoms with van der Waals surface area (Å²) in [5, 5.41) is 2.49. The second-order valence-corrected chi connectivity index (χ2v) is 0.350. The number of hydrogen-bond acceptors (Lipinski definition) is 1. The number of hydrogen-bond donors (Lipinski definition) is 0. The minimum atomic E-state index is -0.948. The van der Waals surface area contributed by atoms with E-state index in [-0.39, 0.29) is 0 Å². The first-order valence-electron chi connectivity index (χ1n) is 0.983. The lowest BCUT2D eigenvalue weighted by Gasteiger charge is -1.54. The summed E-state index contributed by atoms with van der Waals surface area (Å²) >= 11 is 0. The van der Waals surface area contributed by atoms with Crippen LogP contribution in [0.3, 0.4) is 0 Å². The third-order valence-electron chi connectivity index (χ3n) is 0.117. The number of rotatable bonds is 1. The lowest BCUT2D eigenvalue weighted by molar-refractivity contribution is 0.509. The van der Waals surface area contributed by atoms with Gasteiger partial charge in [0.1, 0.15) is 0 Å². The molecule has 0 aromatic carbocycles. The minimum Gasteiger partial charge on any atom is -0.245 e. The lowest BCUT2D eigenvalue weighted by atomic mass is 11.4. The highest BCUT2D eigenvalue weighted by Gasteiger charge is 1.55. The summed E-state index contributed by atoms with van der Waals surface area (Å²) in [6.07, 6.45) is 0. The third-order valence-corrected chi connectivity index (χ3v) is 0.117. The van der Waals surface area contributed by atoms with Crippen molar-refractivity contribution in [3.05, 3.63) is 10.4 Å². The molecule has 0 saturated heterocycles. The van der Waals surface area contributed by atoms with Crippen LogP contribution in [0, 0.1) is 0 Å². The van der Waals surface area contributed by atoms with E-state index in [1.165, 1.54) is 0 Å². The maximum atomic E-state index is 10.6. The summed E-state index contributed by atoms with van der Waals surface area (Å²) in [6, 6.07) is 0. The highest BCUT2D eigenvalue weighted by molar-refractivity contribution is 4.33. The van der Waals surface area contributed by atoms with Crippen LogP contribution in [0.1, 0.15) is 0 Å². The monoisotopic (exact) mass is 74.0 g/mol. The van der Waals surface area contributed by atoms with Crippen molar-refractivity contribution in [1.82, 2.24) is 0 Å². The third kappa shape index (κ3) is 3.24. The fraction of sp³-hybridized carbons (Fsp3) is 1.00. The molecule has 3 nitrogen and oxygen atoms in total. The molecule has 0 saturated carbocycles. The molecular weight excluding hydrogens is 72.0 g/mol. The Morgan fingerprint density at radius 3 is 2.60 bits per heavy atom. The van der Waals surface area contributed by atoms with Crippen LogP contribution in [0.5, 0.6) is 0 Å². The number of azide groups is 1. The highest BCUT2D eigenvalue weighted by Crippen LogP contribution is 1.65. The molecule has 0 aliphatic carbocycles. The zero-order valence-corrected chi connectivity index (χ0v) is 2.43. The molecule has 0 radical (unpaired) electrons. The average Bonchev–Trinajstić information content (AvgIpc) is 1.41. The van der Waals surface area contributed by atoms with Crippen LogP contribution in [0.4, 0.5) is 4.39 Å². The van der Waals surface area contributed by atoms with E-state index in [9.17, 15) is 4.39 Å². The van der Waals surface area contributed by atoms with Crippen molar-refractivity contribution in [2.24, 2.45) is 5.11 Å². The standard InChI is InChI=1S/CH2FN3/c2-1-4-5-3/h1H2/i2-1. The van der Waals surface area contributed by atoms with Crippen LogP contribution in [0.15, 0.2) is 5.11 Å². The van der Waals surface area contributed by atoms with Crippen LogP contribution in [0.2, 0.25) is 0 Å². The van der Waals surface area contributed by atoms with E-state index in [0.717, 1.165) is 0 Å². The molecule has 5 heavy (non-hydrogen) atoms. The van der Waals surface area contributed by atoms with Gasteiger partial charge in [0, 0.05) is 4.91 Å². The summed E-state index contributed by atoms with van der Waals surface area (Å²) < 4.78 is 10.6. The van der Waals surface area contributed by atoms with Crippen LogP contribution in [0.25, 0.3) is 10.4 Å². The largest absolute Gasteiger partial charge is 0.245 e. The first-order chi connectivity index (χ1) is 2.41. The Bertz CT molecular complexity index is 53.9. The van der Waals surface area contributed by atoms with E-state index >= 15 is 0 Å². The summed E-state index contributed by atoms with van der Waals surface area (Å²) in [6.45, 7) is -0.948. The smallest absolute Gasteiger partial charge is 0.168 e. The second kappa shape index (κ2) is 3.24. The van der Waals surface area contributed by atoms with Crippen LogP contribution >= 0.6 is 0 Å². The van der Waals surface area contributed by atoms with Gasteiger partial charge in [-0.25, -0.2) is 4.39 Å². The molecule has 0 aromatic rings. The van der Waals surface area contributed by atoms with Crippen molar-refractivity contribution in [3.63, 3.8) is 0 Å². The lowest BCUT2D eigenvalue weighted by Crippen LogP contribution is -1.48. The van der Waals surface area contributed by atoms with Crippen molar-refractivity contribution in [3.8, 4) is 0 Å². The summed E-state index contributed by atoms with van der Waals surface area (Å²) in [7, 11) is 0. The molecule has 0 spiro atoms. The van der Waals surface area contributed by atoms with Gasteiger partial charge >= 0.3 is 0 Å². The predicted molar refractivity (Wildman–Crippen MR) is 15.1 cm³/mol.